The number of carbonyl (C=O) groups excluding carboxylic acids is 1. The number of nitrogens with two attached hydrogens (primary N) is 1. The summed E-state index contributed by atoms with van der Waals surface area (Å²) in [5, 5.41) is 0. The molecule has 0 amide bonds. The summed E-state index contributed by atoms with van der Waals surface area (Å²) in [4.78, 5) is 11.3. The molecule has 0 spiro atoms. The Morgan fingerprint density at radius 3 is 2.26 bits per heavy atom. The predicted molar refractivity (Wildman–Crippen MR) is 73.0 cm³/mol. The van der Waals surface area contributed by atoms with Crippen molar-refractivity contribution in [3.63, 3.8) is 0 Å². The summed E-state index contributed by atoms with van der Waals surface area (Å²) in [6.07, 6.45) is 0. The highest BCUT2D eigenvalue weighted by Gasteiger charge is 2.04. The average molecular weight is 257 g/mol. The van der Waals surface area contributed by atoms with Gasteiger partial charge < -0.3 is 15.2 Å². The molecule has 0 fully saturated rings. The molecule has 2 aromatic rings. The number of hydrogen-bond donors (Lipinski definition) is 1. The number of rotatable bonds is 4. The van der Waals surface area contributed by atoms with Gasteiger partial charge in [-0.1, -0.05) is 12.1 Å². The molecule has 0 heterocycles. The number of hydrogen-bond acceptors (Lipinski definition) is 4. The molecule has 4 heteroatoms. The van der Waals surface area contributed by atoms with Gasteiger partial charge in [0.25, 0.3) is 0 Å². The zero-order valence-corrected chi connectivity index (χ0v) is 10.6. The van der Waals surface area contributed by atoms with Gasteiger partial charge in [-0.3, -0.25) is 0 Å². The van der Waals surface area contributed by atoms with E-state index in [0.29, 0.717) is 17.9 Å². The third-order valence-electron chi connectivity index (χ3n) is 2.66. The number of anilines is 1. The zero-order valence-electron chi connectivity index (χ0n) is 10.6. The summed E-state index contributed by atoms with van der Waals surface area (Å²) in [6.45, 7) is 0.456. The lowest BCUT2D eigenvalue weighted by molar-refractivity contribution is 0.0600. The van der Waals surface area contributed by atoms with Gasteiger partial charge in [-0.05, 0) is 42.0 Å². The Morgan fingerprint density at radius 1 is 1.05 bits per heavy atom. The van der Waals surface area contributed by atoms with Crippen molar-refractivity contribution in [2.24, 2.45) is 0 Å². The van der Waals surface area contributed by atoms with Gasteiger partial charge in [0.2, 0.25) is 0 Å². The molecule has 2 aromatic carbocycles. The molecule has 0 saturated carbocycles. The van der Waals surface area contributed by atoms with Gasteiger partial charge in [0.15, 0.2) is 0 Å². The number of esters is 1. The van der Waals surface area contributed by atoms with E-state index in [2.05, 4.69) is 4.74 Å². The van der Waals surface area contributed by atoms with Gasteiger partial charge in [-0.2, -0.15) is 0 Å². The highest BCUT2D eigenvalue weighted by molar-refractivity contribution is 5.89. The SMILES string of the molecule is COC(=O)c1ccc(OCc2ccc(N)cc2)cc1. The Bertz CT molecular complexity index is 547. The van der Waals surface area contributed by atoms with Crippen molar-refractivity contribution in [2.45, 2.75) is 6.61 Å². The van der Waals surface area contributed by atoms with E-state index >= 15 is 0 Å². The molecule has 0 aromatic heterocycles. The Hall–Kier alpha value is -2.49. The van der Waals surface area contributed by atoms with Gasteiger partial charge in [-0.15, -0.1) is 0 Å². The van der Waals surface area contributed by atoms with E-state index in [-0.39, 0.29) is 5.97 Å². The highest BCUT2D eigenvalue weighted by atomic mass is 16.5. The topological polar surface area (TPSA) is 61.5 Å². The molecule has 0 saturated heterocycles. The lowest BCUT2D eigenvalue weighted by Crippen LogP contribution is -2.01. The molecular weight excluding hydrogens is 242 g/mol. The summed E-state index contributed by atoms with van der Waals surface area (Å²) < 4.78 is 10.2. The van der Waals surface area contributed by atoms with E-state index in [1.165, 1.54) is 7.11 Å². The third kappa shape index (κ3) is 3.48. The molecular formula is C15H15NO3. The Labute approximate surface area is 111 Å². The average Bonchev–Trinajstić information content (AvgIpc) is 2.46. The van der Waals surface area contributed by atoms with E-state index in [9.17, 15) is 4.79 Å². The van der Waals surface area contributed by atoms with Crippen LogP contribution < -0.4 is 10.5 Å². The van der Waals surface area contributed by atoms with Crippen LogP contribution in [0.3, 0.4) is 0 Å². The summed E-state index contributed by atoms with van der Waals surface area (Å²) in [5.41, 5.74) is 7.87. The first-order valence-electron chi connectivity index (χ1n) is 5.84. The Balaban J connectivity index is 1.96. The summed E-state index contributed by atoms with van der Waals surface area (Å²) in [6, 6.07) is 14.3. The minimum Gasteiger partial charge on any atom is -0.489 e. The second-order valence-electron chi connectivity index (χ2n) is 4.05. The molecule has 98 valence electrons. The minimum atomic E-state index is -0.356. The van der Waals surface area contributed by atoms with Gasteiger partial charge in [-0.25, -0.2) is 4.79 Å². The quantitative estimate of drug-likeness (QED) is 0.675. The van der Waals surface area contributed by atoms with Crippen LogP contribution in [0.15, 0.2) is 48.5 Å². The van der Waals surface area contributed by atoms with Crippen LogP contribution in [0.1, 0.15) is 15.9 Å². The molecule has 19 heavy (non-hydrogen) atoms. The first kappa shape index (κ1) is 13.0. The summed E-state index contributed by atoms with van der Waals surface area (Å²) >= 11 is 0. The van der Waals surface area contributed by atoms with Crippen LogP contribution in [-0.2, 0) is 11.3 Å². The van der Waals surface area contributed by atoms with Crippen molar-refractivity contribution in [1.29, 1.82) is 0 Å². The number of nitrogen functional groups attached to an aromatic ring is 1. The smallest absolute Gasteiger partial charge is 0.337 e. The highest BCUT2D eigenvalue weighted by Crippen LogP contribution is 2.15. The van der Waals surface area contributed by atoms with Crippen LogP contribution in [-0.4, -0.2) is 13.1 Å². The van der Waals surface area contributed by atoms with E-state index in [0.717, 1.165) is 11.3 Å². The van der Waals surface area contributed by atoms with Gasteiger partial charge in [0.1, 0.15) is 12.4 Å². The van der Waals surface area contributed by atoms with Crippen molar-refractivity contribution in [2.75, 3.05) is 12.8 Å². The molecule has 0 aliphatic carbocycles. The van der Waals surface area contributed by atoms with Crippen molar-refractivity contribution in [3.8, 4) is 5.75 Å². The van der Waals surface area contributed by atoms with Crippen LogP contribution in [0.25, 0.3) is 0 Å². The zero-order chi connectivity index (χ0) is 13.7. The maximum Gasteiger partial charge on any atom is 0.337 e. The Morgan fingerprint density at radius 2 is 1.68 bits per heavy atom. The molecule has 0 aliphatic rings. The van der Waals surface area contributed by atoms with Crippen LogP contribution in [0, 0.1) is 0 Å². The first-order chi connectivity index (χ1) is 9.19. The first-order valence-corrected chi connectivity index (χ1v) is 5.84. The number of ether oxygens (including phenoxy) is 2. The maximum atomic E-state index is 11.3. The maximum absolute atomic E-state index is 11.3. The largest absolute Gasteiger partial charge is 0.489 e. The van der Waals surface area contributed by atoms with Crippen molar-refractivity contribution in [1.82, 2.24) is 0 Å². The fourth-order valence-electron chi connectivity index (χ4n) is 1.59. The fraction of sp³-hybridized carbons (Fsp3) is 0.133. The molecule has 2 N–H and O–H groups in total. The van der Waals surface area contributed by atoms with E-state index in [4.69, 9.17) is 10.5 Å². The Kier molecular flexibility index (Phi) is 4.03. The van der Waals surface area contributed by atoms with Gasteiger partial charge in [0, 0.05) is 5.69 Å². The van der Waals surface area contributed by atoms with Crippen LogP contribution in [0.2, 0.25) is 0 Å². The van der Waals surface area contributed by atoms with Gasteiger partial charge in [0.05, 0.1) is 12.7 Å². The molecule has 0 aliphatic heterocycles. The third-order valence-corrected chi connectivity index (χ3v) is 2.66. The lowest BCUT2D eigenvalue weighted by atomic mass is 10.2. The van der Waals surface area contributed by atoms with E-state index < -0.39 is 0 Å². The normalized spacial score (nSPS) is 9.95. The molecule has 0 radical (unpaired) electrons. The molecule has 2 rings (SSSR count). The lowest BCUT2D eigenvalue weighted by Gasteiger charge is -2.07. The van der Waals surface area contributed by atoms with Crippen LogP contribution >= 0.6 is 0 Å². The molecule has 0 atom stereocenters. The van der Waals surface area contributed by atoms with Crippen molar-refractivity contribution < 1.29 is 14.3 Å². The van der Waals surface area contributed by atoms with E-state index in [1.54, 1.807) is 24.3 Å². The van der Waals surface area contributed by atoms with Crippen molar-refractivity contribution >= 4 is 11.7 Å². The molecule has 0 unspecified atom stereocenters. The fourth-order valence-corrected chi connectivity index (χ4v) is 1.59. The number of carbonyl (C=O) groups is 1. The number of benzene rings is 2. The van der Waals surface area contributed by atoms with Crippen LogP contribution in [0.5, 0.6) is 5.75 Å². The molecule has 4 nitrogen and oxygen atoms in total. The number of methoxy groups -OCH3 is 1. The second kappa shape index (κ2) is 5.91. The summed E-state index contributed by atoms with van der Waals surface area (Å²) in [5.74, 6) is 0.342. The van der Waals surface area contributed by atoms with Crippen molar-refractivity contribution in [3.05, 3.63) is 59.7 Å². The predicted octanol–water partition coefficient (Wildman–Crippen LogP) is 2.63. The standard InChI is InChI=1S/C15H15NO3/c1-18-15(17)12-4-8-14(9-5-12)19-10-11-2-6-13(16)7-3-11/h2-9H,10,16H2,1H3. The minimum absolute atomic E-state index is 0.356. The molecule has 0 bridgehead atoms. The monoisotopic (exact) mass is 257 g/mol. The summed E-state index contributed by atoms with van der Waals surface area (Å²) in [7, 11) is 1.36. The van der Waals surface area contributed by atoms with Crippen LogP contribution in [0.4, 0.5) is 5.69 Å². The second-order valence-corrected chi connectivity index (χ2v) is 4.05. The van der Waals surface area contributed by atoms with E-state index in [1.807, 2.05) is 24.3 Å². The van der Waals surface area contributed by atoms with Gasteiger partial charge >= 0.3 is 5.97 Å².